The molecular formula is C35H37ClN4O7S2. The zero-order valence-corrected chi connectivity index (χ0v) is 30.4. The van der Waals surface area contributed by atoms with Crippen molar-refractivity contribution >= 4 is 64.2 Å². The Morgan fingerprint density at radius 2 is 1.63 bits per heavy atom. The summed E-state index contributed by atoms with van der Waals surface area (Å²) in [5.74, 6) is -2.70. The number of esters is 2. The highest BCUT2D eigenvalue weighted by Gasteiger charge is 2.54. The van der Waals surface area contributed by atoms with E-state index in [1.54, 1.807) is 27.7 Å². The van der Waals surface area contributed by atoms with Crippen molar-refractivity contribution in [2.24, 2.45) is 11.1 Å². The Balaban J connectivity index is 1.36. The number of ketones is 1. The average Bonchev–Trinajstić information content (AvgIpc) is 3.50. The number of fused-ring (bicyclic) bond motifs is 1. The van der Waals surface area contributed by atoms with Crippen molar-refractivity contribution in [2.75, 3.05) is 11.6 Å². The minimum absolute atomic E-state index is 0.0221. The molecule has 3 heterocycles. The average molecular weight is 725 g/mol. The lowest BCUT2D eigenvalue weighted by Gasteiger charge is -2.49. The Morgan fingerprint density at radius 3 is 2.16 bits per heavy atom. The smallest absolute Gasteiger partial charge is 0.356 e. The molecule has 2 aromatic carbocycles. The molecule has 1 amide bonds. The number of aryl methyl sites for hydroxylation is 1. The summed E-state index contributed by atoms with van der Waals surface area (Å²) in [6, 6.07) is 18.7. The number of carbonyl (C=O) groups is 4. The van der Waals surface area contributed by atoms with Gasteiger partial charge in [-0.25, -0.2) is 14.6 Å². The molecule has 0 radical (unpaired) electrons. The number of β-lactam (4-membered cyclic amide) rings is 1. The molecule has 49 heavy (non-hydrogen) atoms. The first-order chi connectivity index (χ1) is 23.2. The predicted octanol–water partition coefficient (Wildman–Crippen LogP) is 6.00. The number of nitrogens with zero attached hydrogens (tertiary/aromatic N) is 4. The maximum atomic E-state index is 13.9. The number of Topliss-reactive ketones (excluding diaryl/α,β-unsaturated/α-hetero) is 1. The SMILES string of the molecule is Cc1nc(/C(=N/OC(C)(C)C(=O)OC(C)(C)C)C(=O)C[C@@H]2C(=O)N3C(C(=O)OC(c4ccccc4)c4ccccc4)=C(CCl)CS[C@H]23)ns1. The molecule has 2 atom stereocenters. The number of halogens is 1. The van der Waals surface area contributed by atoms with Crippen LogP contribution in [-0.4, -0.2) is 71.8 Å². The van der Waals surface area contributed by atoms with E-state index in [4.69, 9.17) is 25.9 Å². The van der Waals surface area contributed by atoms with Gasteiger partial charge in [-0.05, 0) is 69.8 Å². The molecule has 0 aliphatic carbocycles. The second-order valence-electron chi connectivity index (χ2n) is 13.0. The zero-order valence-electron chi connectivity index (χ0n) is 28.0. The third-order valence-corrected chi connectivity index (χ3v) is 9.94. The Bertz CT molecular complexity index is 1750. The fraction of sp³-hybridized carbons (Fsp3) is 0.400. The van der Waals surface area contributed by atoms with Crippen LogP contribution in [0.25, 0.3) is 0 Å². The molecule has 3 aromatic rings. The molecule has 1 aromatic heterocycles. The topological polar surface area (TPSA) is 137 Å². The summed E-state index contributed by atoms with van der Waals surface area (Å²) in [4.78, 5) is 65.5. The van der Waals surface area contributed by atoms with Crippen LogP contribution < -0.4 is 0 Å². The van der Waals surface area contributed by atoms with Crippen LogP contribution in [0.3, 0.4) is 0 Å². The van der Waals surface area contributed by atoms with Crippen LogP contribution in [0.5, 0.6) is 0 Å². The van der Waals surface area contributed by atoms with Crippen LogP contribution >= 0.6 is 34.9 Å². The number of thioether (sulfide) groups is 1. The van der Waals surface area contributed by atoms with E-state index >= 15 is 0 Å². The maximum absolute atomic E-state index is 13.9. The van der Waals surface area contributed by atoms with Crippen molar-refractivity contribution in [1.82, 2.24) is 14.3 Å². The molecule has 5 rings (SSSR count). The van der Waals surface area contributed by atoms with Crippen LogP contribution in [0.1, 0.15) is 69.1 Å². The van der Waals surface area contributed by atoms with E-state index in [9.17, 15) is 19.2 Å². The number of benzene rings is 2. The highest BCUT2D eigenvalue weighted by Crippen LogP contribution is 2.46. The standard InChI is InChI=1S/C35H37ClN4O7S2/c1-20-37-29(39-49-20)26(38-47-35(5,6)33(44)46-34(2,3)4)25(41)17-24-30(42)40-27(23(18-36)19-48-31(24)40)32(43)45-28(21-13-9-7-10-14-21)22-15-11-8-12-16-22/h7-16,24,28,31H,17-19H2,1-6H3/b38-26+/t24-,31-/m1/s1. The first kappa shape index (κ1) is 36.2. The first-order valence-corrected chi connectivity index (χ1v) is 17.9. The van der Waals surface area contributed by atoms with E-state index in [0.717, 1.165) is 22.7 Å². The molecule has 0 spiro atoms. The number of alkyl halides is 1. The summed E-state index contributed by atoms with van der Waals surface area (Å²) < 4.78 is 15.8. The van der Waals surface area contributed by atoms with Crippen molar-refractivity contribution in [3.8, 4) is 0 Å². The summed E-state index contributed by atoms with van der Waals surface area (Å²) in [5, 5.41) is 4.11. The van der Waals surface area contributed by atoms with Crippen LogP contribution in [0.4, 0.5) is 0 Å². The van der Waals surface area contributed by atoms with Crippen LogP contribution in [-0.2, 0) is 33.5 Å². The number of oxime groups is 1. The number of aromatic nitrogens is 2. The molecule has 2 aliphatic rings. The highest BCUT2D eigenvalue weighted by molar-refractivity contribution is 8.00. The number of rotatable bonds is 12. The summed E-state index contributed by atoms with van der Waals surface area (Å²) in [6.45, 7) is 9.85. The summed E-state index contributed by atoms with van der Waals surface area (Å²) in [5.41, 5.74) is -0.338. The molecule has 1 saturated heterocycles. The minimum Gasteiger partial charge on any atom is -0.457 e. The van der Waals surface area contributed by atoms with Crippen molar-refractivity contribution in [3.63, 3.8) is 0 Å². The Morgan fingerprint density at radius 1 is 1.02 bits per heavy atom. The van der Waals surface area contributed by atoms with E-state index in [1.807, 2.05) is 60.7 Å². The van der Waals surface area contributed by atoms with Crippen LogP contribution in [0, 0.1) is 12.8 Å². The van der Waals surface area contributed by atoms with Gasteiger partial charge in [0.15, 0.2) is 23.4 Å². The van der Waals surface area contributed by atoms with Gasteiger partial charge in [0.2, 0.25) is 11.5 Å². The van der Waals surface area contributed by atoms with Crippen molar-refractivity contribution < 1.29 is 33.5 Å². The van der Waals surface area contributed by atoms with E-state index in [-0.39, 0.29) is 29.5 Å². The summed E-state index contributed by atoms with van der Waals surface area (Å²) in [7, 11) is 0. The minimum atomic E-state index is -1.54. The second-order valence-corrected chi connectivity index (χ2v) is 15.3. The maximum Gasteiger partial charge on any atom is 0.356 e. The van der Waals surface area contributed by atoms with Gasteiger partial charge in [-0.2, -0.15) is 4.37 Å². The van der Waals surface area contributed by atoms with Gasteiger partial charge >= 0.3 is 11.9 Å². The summed E-state index contributed by atoms with van der Waals surface area (Å²) >= 11 is 8.77. The lowest BCUT2D eigenvalue weighted by molar-refractivity contribution is -0.179. The zero-order chi connectivity index (χ0) is 35.5. The van der Waals surface area contributed by atoms with Gasteiger partial charge < -0.3 is 14.3 Å². The van der Waals surface area contributed by atoms with E-state index in [0.29, 0.717) is 16.3 Å². The highest BCUT2D eigenvalue weighted by atomic mass is 35.5. The van der Waals surface area contributed by atoms with Gasteiger partial charge in [0.1, 0.15) is 16.3 Å². The third kappa shape index (κ3) is 8.22. The molecule has 11 nitrogen and oxygen atoms in total. The molecule has 1 fully saturated rings. The van der Waals surface area contributed by atoms with Gasteiger partial charge in [0, 0.05) is 18.1 Å². The fourth-order valence-electron chi connectivity index (χ4n) is 5.16. The first-order valence-electron chi connectivity index (χ1n) is 15.6. The van der Waals surface area contributed by atoms with Crippen molar-refractivity contribution in [2.45, 2.75) is 70.6 Å². The number of hydrogen-bond donors (Lipinski definition) is 0. The number of ether oxygens (including phenoxy) is 2. The van der Waals surface area contributed by atoms with E-state index < -0.39 is 52.2 Å². The number of carbonyl (C=O) groups excluding carboxylic acids is 4. The Kier molecular flexibility index (Phi) is 10.9. The molecular weight excluding hydrogens is 688 g/mol. The monoisotopic (exact) mass is 724 g/mol. The summed E-state index contributed by atoms with van der Waals surface area (Å²) in [6.07, 6.45) is -0.978. The fourth-order valence-corrected chi connectivity index (χ4v) is 7.38. The molecule has 14 heteroatoms. The van der Waals surface area contributed by atoms with Crippen LogP contribution in [0.15, 0.2) is 77.1 Å². The van der Waals surface area contributed by atoms with Crippen LogP contribution in [0.2, 0.25) is 0 Å². The molecule has 2 aliphatic heterocycles. The number of amides is 1. The largest absolute Gasteiger partial charge is 0.457 e. The lowest BCUT2D eigenvalue weighted by Crippen LogP contribution is -2.62. The molecule has 0 saturated carbocycles. The van der Waals surface area contributed by atoms with Gasteiger partial charge in [-0.1, -0.05) is 65.8 Å². The normalized spacial score (nSPS) is 18.2. The Hall–Kier alpha value is -4.07. The van der Waals surface area contributed by atoms with Crippen molar-refractivity contribution in [3.05, 3.63) is 93.9 Å². The molecule has 258 valence electrons. The third-order valence-electron chi connectivity index (χ3n) is 7.61. The van der Waals surface area contributed by atoms with Crippen molar-refractivity contribution in [1.29, 1.82) is 0 Å². The second kappa shape index (κ2) is 14.8. The van der Waals surface area contributed by atoms with Gasteiger partial charge in [-0.3, -0.25) is 14.5 Å². The quantitative estimate of drug-likeness (QED) is 0.0719. The number of hydrogen-bond acceptors (Lipinski definition) is 12. The van der Waals surface area contributed by atoms with E-state index in [2.05, 4.69) is 14.5 Å². The predicted molar refractivity (Wildman–Crippen MR) is 187 cm³/mol. The molecule has 0 N–H and O–H groups in total. The lowest BCUT2D eigenvalue weighted by atomic mass is 9.89. The van der Waals surface area contributed by atoms with Gasteiger partial charge in [0.05, 0.1) is 11.3 Å². The Labute approximate surface area is 298 Å². The van der Waals surface area contributed by atoms with E-state index in [1.165, 1.54) is 30.5 Å². The molecule has 0 bridgehead atoms. The van der Waals surface area contributed by atoms with Gasteiger partial charge in [-0.15, -0.1) is 23.4 Å². The van der Waals surface area contributed by atoms with Gasteiger partial charge in [0.25, 0.3) is 0 Å². The molecule has 0 unspecified atom stereocenters.